The summed E-state index contributed by atoms with van der Waals surface area (Å²) in [6.07, 6.45) is 12.9. The largest absolute Gasteiger partial charge is 0.341 e. The SMILES string of the molecule is O=C(Cn1cnnc1)N1CCC(c2nnc(Cn3ccnc3)n2C2CC2)CC1. The highest BCUT2D eigenvalue weighted by Crippen LogP contribution is 2.40. The minimum atomic E-state index is 0.114. The van der Waals surface area contributed by atoms with Crippen molar-refractivity contribution in [1.29, 1.82) is 0 Å². The van der Waals surface area contributed by atoms with Crippen LogP contribution in [-0.4, -0.2) is 63.0 Å². The number of carbonyl (C=O) groups is 1. The molecule has 146 valence electrons. The quantitative estimate of drug-likeness (QED) is 0.628. The molecule has 3 aromatic rings. The maximum atomic E-state index is 12.5. The third kappa shape index (κ3) is 3.41. The van der Waals surface area contributed by atoms with Gasteiger partial charge in [-0.15, -0.1) is 20.4 Å². The predicted molar refractivity (Wildman–Crippen MR) is 98.2 cm³/mol. The first-order valence-electron chi connectivity index (χ1n) is 9.77. The lowest BCUT2D eigenvalue weighted by molar-refractivity contribution is -0.132. The summed E-state index contributed by atoms with van der Waals surface area (Å²) in [7, 11) is 0. The zero-order valence-electron chi connectivity index (χ0n) is 15.6. The fraction of sp³-hybridized carbons (Fsp3) is 0.556. The summed E-state index contributed by atoms with van der Waals surface area (Å²) in [4.78, 5) is 18.5. The van der Waals surface area contributed by atoms with E-state index in [0.29, 0.717) is 25.0 Å². The molecule has 10 heteroatoms. The average molecular weight is 381 g/mol. The van der Waals surface area contributed by atoms with Crippen molar-refractivity contribution < 1.29 is 4.79 Å². The Kier molecular flexibility index (Phi) is 4.38. The van der Waals surface area contributed by atoms with Crippen molar-refractivity contribution in [2.24, 2.45) is 0 Å². The Labute approximate surface area is 162 Å². The third-order valence-corrected chi connectivity index (χ3v) is 5.59. The standard InChI is InChI=1S/C18H23N9O/c28-17(10-25-12-20-21-13-25)26-6-3-14(4-7-26)18-23-22-16(27(18)15-1-2-15)9-24-8-5-19-11-24/h5,8,11-15H,1-4,6-7,9-10H2. The van der Waals surface area contributed by atoms with E-state index in [2.05, 4.69) is 29.9 Å². The van der Waals surface area contributed by atoms with Gasteiger partial charge in [-0.25, -0.2) is 4.98 Å². The molecule has 0 unspecified atom stereocenters. The summed E-state index contributed by atoms with van der Waals surface area (Å²) in [6, 6.07) is 0.525. The Morgan fingerprint density at radius 2 is 1.79 bits per heavy atom. The predicted octanol–water partition coefficient (Wildman–Crippen LogP) is 0.855. The molecule has 2 aliphatic rings. The second-order valence-corrected chi connectivity index (χ2v) is 7.60. The van der Waals surface area contributed by atoms with Gasteiger partial charge >= 0.3 is 0 Å². The molecule has 1 saturated heterocycles. The zero-order chi connectivity index (χ0) is 18.9. The zero-order valence-corrected chi connectivity index (χ0v) is 15.6. The Bertz CT molecular complexity index is 919. The lowest BCUT2D eigenvalue weighted by Crippen LogP contribution is -2.40. The number of aromatic nitrogens is 8. The lowest BCUT2D eigenvalue weighted by atomic mass is 9.95. The van der Waals surface area contributed by atoms with Crippen LogP contribution in [0.4, 0.5) is 0 Å². The minimum absolute atomic E-state index is 0.114. The van der Waals surface area contributed by atoms with E-state index in [1.165, 1.54) is 12.8 Å². The van der Waals surface area contributed by atoms with Gasteiger partial charge in [0.15, 0.2) is 5.82 Å². The van der Waals surface area contributed by atoms with Gasteiger partial charge in [0.2, 0.25) is 5.91 Å². The summed E-state index contributed by atoms with van der Waals surface area (Å²) in [5, 5.41) is 16.6. The van der Waals surface area contributed by atoms with Crippen molar-refractivity contribution in [3.05, 3.63) is 43.0 Å². The number of likely N-dealkylation sites (tertiary alicyclic amines) is 1. The van der Waals surface area contributed by atoms with Gasteiger partial charge in [0.05, 0.1) is 12.9 Å². The van der Waals surface area contributed by atoms with Crippen LogP contribution in [0.2, 0.25) is 0 Å². The summed E-state index contributed by atoms with van der Waals surface area (Å²) in [6.45, 7) is 2.49. The minimum Gasteiger partial charge on any atom is -0.341 e. The first kappa shape index (κ1) is 17.1. The fourth-order valence-electron chi connectivity index (χ4n) is 3.94. The molecule has 1 amide bonds. The van der Waals surface area contributed by atoms with Gasteiger partial charge in [-0.3, -0.25) is 4.79 Å². The van der Waals surface area contributed by atoms with E-state index < -0.39 is 0 Å². The third-order valence-electron chi connectivity index (χ3n) is 5.59. The highest BCUT2D eigenvalue weighted by molar-refractivity contribution is 5.76. The van der Waals surface area contributed by atoms with Gasteiger partial charge < -0.3 is 18.6 Å². The van der Waals surface area contributed by atoms with E-state index in [-0.39, 0.29) is 5.91 Å². The van der Waals surface area contributed by atoms with E-state index in [9.17, 15) is 4.79 Å². The maximum absolute atomic E-state index is 12.5. The van der Waals surface area contributed by atoms with Crippen LogP contribution in [0.1, 0.15) is 49.3 Å². The summed E-state index contributed by atoms with van der Waals surface area (Å²) >= 11 is 0. The fourth-order valence-corrected chi connectivity index (χ4v) is 3.94. The second-order valence-electron chi connectivity index (χ2n) is 7.60. The molecule has 5 rings (SSSR count). The van der Waals surface area contributed by atoms with Crippen LogP contribution in [0.3, 0.4) is 0 Å². The number of hydrogen-bond acceptors (Lipinski definition) is 6. The second kappa shape index (κ2) is 7.17. The van der Waals surface area contributed by atoms with Crippen LogP contribution >= 0.6 is 0 Å². The van der Waals surface area contributed by atoms with Crippen molar-refractivity contribution in [1.82, 2.24) is 44.0 Å². The maximum Gasteiger partial charge on any atom is 0.242 e. The molecule has 0 radical (unpaired) electrons. The molecule has 2 fully saturated rings. The number of carbonyl (C=O) groups excluding carboxylic acids is 1. The van der Waals surface area contributed by atoms with E-state index in [0.717, 1.165) is 37.6 Å². The van der Waals surface area contributed by atoms with Crippen LogP contribution in [0.15, 0.2) is 31.4 Å². The molecule has 1 aliphatic heterocycles. The molecular formula is C18H23N9O. The number of hydrogen-bond donors (Lipinski definition) is 0. The van der Waals surface area contributed by atoms with Gasteiger partial charge in [-0.1, -0.05) is 0 Å². The summed E-state index contributed by atoms with van der Waals surface area (Å²) in [5.74, 6) is 2.55. The number of imidazole rings is 1. The summed E-state index contributed by atoms with van der Waals surface area (Å²) in [5.41, 5.74) is 0. The normalized spacial score (nSPS) is 17.9. The highest BCUT2D eigenvalue weighted by atomic mass is 16.2. The van der Waals surface area contributed by atoms with Gasteiger partial charge in [0.1, 0.15) is 25.0 Å². The number of piperidine rings is 1. The van der Waals surface area contributed by atoms with Gasteiger partial charge in [-0.2, -0.15) is 0 Å². The Balaban J connectivity index is 1.26. The lowest BCUT2D eigenvalue weighted by Gasteiger charge is -2.32. The number of amides is 1. The van der Waals surface area contributed by atoms with Crippen molar-refractivity contribution in [2.45, 2.75) is 50.7 Å². The molecule has 4 heterocycles. The van der Waals surface area contributed by atoms with Gasteiger partial charge in [-0.05, 0) is 25.7 Å². The van der Waals surface area contributed by atoms with Crippen LogP contribution in [-0.2, 0) is 17.9 Å². The van der Waals surface area contributed by atoms with Gasteiger partial charge in [0.25, 0.3) is 0 Å². The Morgan fingerprint density at radius 1 is 1.00 bits per heavy atom. The van der Waals surface area contributed by atoms with E-state index in [4.69, 9.17) is 0 Å². The molecule has 1 aliphatic carbocycles. The van der Waals surface area contributed by atoms with Crippen molar-refractivity contribution >= 4 is 5.91 Å². The van der Waals surface area contributed by atoms with Crippen molar-refractivity contribution in [3.8, 4) is 0 Å². The molecule has 0 atom stereocenters. The van der Waals surface area contributed by atoms with Gasteiger partial charge in [0, 0.05) is 37.4 Å². The first-order chi connectivity index (χ1) is 13.8. The molecule has 0 spiro atoms. The molecular weight excluding hydrogens is 358 g/mol. The smallest absolute Gasteiger partial charge is 0.242 e. The molecule has 3 aromatic heterocycles. The molecule has 0 N–H and O–H groups in total. The molecule has 28 heavy (non-hydrogen) atoms. The van der Waals surface area contributed by atoms with Crippen molar-refractivity contribution in [3.63, 3.8) is 0 Å². The molecule has 1 saturated carbocycles. The average Bonchev–Trinajstić information content (AvgIpc) is 3.11. The molecule has 0 bridgehead atoms. The highest BCUT2D eigenvalue weighted by Gasteiger charge is 2.34. The monoisotopic (exact) mass is 381 g/mol. The Morgan fingerprint density at radius 3 is 2.46 bits per heavy atom. The Hall–Kier alpha value is -3.04. The van der Waals surface area contributed by atoms with Crippen molar-refractivity contribution in [2.75, 3.05) is 13.1 Å². The first-order valence-corrected chi connectivity index (χ1v) is 9.77. The van der Waals surface area contributed by atoms with E-state index in [1.54, 1.807) is 23.4 Å². The van der Waals surface area contributed by atoms with Crippen LogP contribution in [0, 0.1) is 0 Å². The van der Waals surface area contributed by atoms with Crippen LogP contribution < -0.4 is 0 Å². The molecule has 0 aromatic carbocycles. The van der Waals surface area contributed by atoms with Crippen LogP contribution in [0.5, 0.6) is 0 Å². The van der Waals surface area contributed by atoms with E-state index in [1.807, 2.05) is 22.0 Å². The number of rotatable bonds is 6. The number of nitrogens with zero attached hydrogens (tertiary/aromatic N) is 9. The summed E-state index contributed by atoms with van der Waals surface area (Å²) < 4.78 is 6.08. The topological polar surface area (TPSA) is 99.6 Å². The van der Waals surface area contributed by atoms with E-state index >= 15 is 0 Å². The van der Waals surface area contributed by atoms with Crippen LogP contribution in [0.25, 0.3) is 0 Å². The molecule has 10 nitrogen and oxygen atoms in total.